The lowest BCUT2D eigenvalue weighted by Crippen LogP contribution is -2.33. The van der Waals surface area contributed by atoms with Gasteiger partial charge in [-0.2, -0.15) is 0 Å². The van der Waals surface area contributed by atoms with Gasteiger partial charge in [-0.05, 0) is 39.3 Å². The maximum absolute atomic E-state index is 11.1. The second-order valence-corrected chi connectivity index (χ2v) is 7.34. The van der Waals surface area contributed by atoms with Crippen LogP contribution in [-0.4, -0.2) is 22.3 Å². The minimum atomic E-state index is -0.729. The highest BCUT2D eigenvalue weighted by Crippen LogP contribution is 2.26. The Morgan fingerprint density at radius 2 is 2.06 bits per heavy atom. The molecule has 16 heavy (non-hydrogen) atoms. The number of hydrogen-bond donors (Lipinski definition) is 1. The van der Waals surface area contributed by atoms with Crippen molar-refractivity contribution < 1.29 is 4.21 Å². The van der Waals surface area contributed by atoms with E-state index in [-0.39, 0.29) is 0 Å². The smallest absolute Gasteiger partial charge is 0.0383 e. The van der Waals surface area contributed by atoms with Crippen molar-refractivity contribution in [2.45, 2.75) is 39.8 Å². The van der Waals surface area contributed by atoms with Gasteiger partial charge < -0.3 is 5.32 Å². The van der Waals surface area contributed by atoms with Crippen LogP contribution >= 0.6 is 11.3 Å². The van der Waals surface area contributed by atoms with Crippen molar-refractivity contribution >= 4 is 22.1 Å². The molecule has 3 atom stereocenters. The zero-order valence-corrected chi connectivity index (χ0v) is 12.3. The van der Waals surface area contributed by atoms with Gasteiger partial charge in [0.05, 0.1) is 0 Å². The molecule has 1 aromatic rings. The van der Waals surface area contributed by atoms with Crippen molar-refractivity contribution in [3.8, 4) is 0 Å². The second kappa shape index (κ2) is 5.94. The molecule has 0 aromatic carbocycles. The third kappa shape index (κ3) is 4.00. The molecule has 0 amide bonds. The minimum absolute atomic E-state index is 0.292. The topological polar surface area (TPSA) is 29.1 Å². The first-order valence-corrected chi connectivity index (χ1v) is 8.07. The first-order chi connectivity index (χ1) is 7.40. The fraction of sp³-hybridized carbons (Fsp3) is 0.667. The van der Waals surface area contributed by atoms with Gasteiger partial charge in [-0.1, -0.05) is 0 Å². The largest absolute Gasteiger partial charge is 0.307 e. The molecule has 0 saturated heterocycles. The van der Waals surface area contributed by atoms with Crippen molar-refractivity contribution in [3.05, 3.63) is 21.4 Å². The Morgan fingerprint density at radius 3 is 2.50 bits per heavy atom. The van der Waals surface area contributed by atoms with E-state index < -0.39 is 10.8 Å². The molecule has 0 aliphatic heterocycles. The summed E-state index contributed by atoms with van der Waals surface area (Å²) in [7, 11) is -0.729. The van der Waals surface area contributed by atoms with E-state index in [4.69, 9.17) is 0 Å². The van der Waals surface area contributed by atoms with Crippen LogP contribution in [0.5, 0.6) is 0 Å². The summed E-state index contributed by atoms with van der Waals surface area (Å²) in [5.74, 6) is 0.715. The van der Waals surface area contributed by atoms with Crippen molar-refractivity contribution in [1.82, 2.24) is 5.32 Å². The number of nitrogens with one attached hydrogen (secondary N) is 1. The van der Waals surface area contributed by atoms with Crippen molar-refractivity contribution in [2.24, 2.45) is 0 Å². The molecule has 0 radical (unpaired) electrons. The van der Waals surface area contributed by atoms with E-state index in [1.165, 1.54) is 15.3 Å². The van der Waals surface area contributed by atoms with E-state index in [2.05, 4.69) is 39.1 Å². The van der Waals surface area contributed by atoms with Gasteiger partial charge in [-0.3, -0.25) is 4.21 Å². The van der Waals surface area contributed by atoms with Crippen molar-refractivity contribution in [3.63, 3.8) is 0 Å². The normalized spacial score (nSPS) is 17.1. The van der Waals surface area contributed by atoms with Crippen LogP contribution in [-0.2, 0) is 10.8 Å². The van der Waals surface area contributed by atoms with Gasteiger partial charge in [0, 0.05) is 44.6 Å². The number of hydrogen-bond acceptors (Lipinski definition) is 3. The van der Waals surface area contributed by atoms with Crippen LogP contribution in [0, 0.1) is 13.8 Å². The zero-order valence-electron chi connectivity index (χ0n) is 10.7. The Bertz CT molecular complexity index is 373. The van der Waals surface area contributed by atoms with E-state index in [0.717, 1.165) is 0 Å². The highest BCUT2D eigenvalue weighted by molar-refractivity contribution is 7.84. The summed E-state index contributed by atoms with van der Waals surface area (Å²) in [6.45, 7) is 8.56. The second-order valence-electron chi connectivity index (χ2n) is 4.40. The standard InChI is InChI=1S/C12H21NOS2/c1-8(7-16(5)14)13-10(3)12-6-9(2)15-11(12)4/h6,8,10,13H,7H2,1-5H3. The Hall–Kier alpha value is -0.190. The van der Waals surface area contributed by atoms with E-state index >= 15 is 0 Å². The molecule has 2 nitrogen and oxygen atoms in total. The highest BCUT2D eigenvalue weighted by Gasteiger charge is 2.14. The zero-order chi connectivity index (χ0) is 12.3. The molecule has 0 saturated carbocycles. The van der Waals surface area contributed by atoms with Crippen LogP contribution < -0.4 is 5.32 Å². The molecule has 0 bridgehead atoms. The van der Waals surface area contributed by atoms with Gasteiger partial charge in [-0.15, -0.1) is 11.3 Å². The summed E-state index contributed by atoms with van der Waals surface area (Å²) in [5.41, 5.74) is 1.37. The molecule has 1 rings (SSSR count). The lowest BCUT2D eigenvalue weighted by atomic mass is 10.1. The number of rotatable bonds is 5. The lowest BCUT2D eigenvalue weighted by Gasteiger charge is -2.19. The third-order valence-electron chi connectivity index (χ3n) is 2.57. The van der Waals surface area contributed by atoms with Gasteiger partial charge in [0.15, 0.2) is 0 Å². The molecule has 0 spiro atoms. The molecule has 0 aliphatic carbocycles. The van der Waals surface area contributed by atoms with Crippen LogP contribution in [0.3, 0.4) is 0 Å². The molecular weight excluding hydrogens is 238 g/mol. The quantitative estimate of drug-likeness (QED) is 0.881. The molecule has 92 valence electrons. The van der Waals surface area contributed by atoms with Gasteiger partial charge >= 0.3 is 0 Å². The molecule has 1 heterocycles. The summed E-state index contributed by atoms with van der Waals surface area (Å²) >= 11 is 1.84. The highest BCUT2D eigenvalue weighted by atomic mass is 32.2. The average molecular weight is 259 g/mol. The van der Waals surface area contributed by atoms with Crippen LogP contribution in [0.1, 0.15) is 35.2 Å². The monoisotopic (exact) mass is 259 g/mol. The summed E-state index contributed by atoms with van der Waals surface area (Å²) < 4.78 is 11.1. The van der Waals surface area contributed by atoms with Gasteiger partial charge in [-0.25, -0.2) is 0 Å². The predicted octanol–water partition coefficient (Wildman–Crippen LogP) is 2.78. The Balaban J connectivity index is 2.61. The van der Waals surface area contributed by atoms with Gasteiger partial charge in [0.1, 0.15) is 0 Å². The summed E-state index contributed by atoms with van der Waals surface area (Å²) in [6, 6.07) is 2.87. The maximum Gasteiger partial charge on any atom is 0.0383 e. The lowest BCUT2D eigenvalue weighted by molar-refractivity contribution is 0.507. The van der Waals surface area contributed by atoms with E-state index in [1.54, 1.807) is 6.26 Å². The van der Waals surface area contributed by atoms with Crippen LogP contribution in [0.25, 0.3) is 0 Å². The molecule has 4 heteroatoms. The van der Waals surface area contributed by atoms with Crippen LogP contribution in [0.2, 0.25) is 0 Å². The van der Waals surface area contributed by atoms with Crippen LogP contribution in [0.15, 0.2) is 6.07 Å². The van der Waals surface area contributed by atoms with Crippen LogP contribution in [0.4, 0.5) is 0 Å². The average Bonchev–Trinajstić information content (AvgIpc) is 2.43. The molecular formula is C12H21NOS2. The minimum Gasteiger partial charge on any atom is -0.307 e. The maximum atomic E-state index is 11.1. The summed E-state index contributed by atoms with van der Waals surface area (Å²) in [6.07, 6.45) is 1.75. The van der Waals surface area contributed by atoms with Gasteiger partial charge in [0.2, 0.25) is 0 Å². The van der Waals surface area contributed by atoms with E-state index in [9.17, 15) is 4.21 Å². The number of thiophene rings is 1. The van der Waals surface area contributed by atoms with E-state index in [0.29, 0.717) is 17.8 Å². The Morgan fingerprint density at radius 1 is 1.44 bits per heavy atom. The van der Waals surface area contributed by atoms with E-state index in [1.807, 2.05) is 11.3 Å². The predicted molar refractivity (Wildman–Crippen MR) is 73.7 cm³/mol. The fourth-order valence-electron chi connectivity index (χ4n) is 2.00. The van der Waals surface area contributed by atoms with Crippen molar-refractivity contribution in [2.75, 3.05) is 12.0 Å². The summed E-state index contributed by atoms with van der Waals surface area (Å²) in [4.78, 5) is 2.73. The van der Waals surface area contributed by atoms with Crippen molar-refractivity contribution in [1.29, 1.82) is 0 Å². The SMILES string of the molecule is Cc1cc(C(C)NC(C)CS(C)=O)c(C)s1. The number of aryl methyl sites for hydroxylation is 2. The Labute approximate surface area is 105 Å². The molecule has 0 fully saturated rings. The molecule has 1 N–H and O–H groups in total. The third-order valence-corrected chi connectivity index (χ3v) is 4.52. The first-order valence-electron chi connectivity index (χ1n) is 5.53. The Kier molecular flexibility index (Phi) is 5.15. The molecule has 3 unspecified atom stereocenters. The molecule has 0 aliphatic rings. The fourth-order valence-corrected chi connectivity index (χ4v) is 3.82. The molecule has 1 aromatic heterocycles. The first kappa shape index (κ1) is 13.9. The summed E-state index contributed by atoms with van der Waals surface area (Å²) in [5, 5.41) is 3.50. The van der Waals surface area contributed by atoms with Gasteiger partial charge in [0.25, 0.3) is 0 Å².